The van der Waals surface area contributed by atoms with Gasteiger partial charge < -0.3 is 11.1 Å². The Morgan fingerprint density at radius 2 is 2.20 bits per heavy atom. The van der Waals surface area contributed by atoms with Gasteiger partial charge in [-0.05, 0) is 27.7 Å². The molecule has 0 spiro atoms. The lowest BCUT2D eigenvalue weighted by Gasteiger charge is -2.20. The van der Waals surface area contributed by atoms with Crippen molar-refractivity contribution in [2.45, 2.75) is 39.8 Å². The number of nitrogens with one attached hydrogen (secondary N) is 1. The molecule has 15 heavy (non-hydrogen) atoms. The molecule has 1 aromatic heterocycles. The Morgan fingerprint density at radius 1 is 1.60 bits per heavy atom. The first kappa shape index (κ1) is 11.6. The third kappa shape index (κ3) is 3.27. The first-order valence-electron chi connectivity index (χ1n) is 4.88. The van der Waals surface area contributed by atoms with E-state index in [1.807, 2.05) is 27.7 Å². The van der Waals surface area contributed by atoms with E-state index >= 15 is 0 Å². The van der Waals surface area contributed by atoms with Crippen molar-refractivity contribution < 1.29 is 4.79 Å². The van der Waals surface area contributed by atoms with Crippen molar-refractivity contribution in [2.75, 3.05) is 5.73 Å². The van der Waals surface area contributed by atoms with Crippen LogP contribution in [0.4, 0.5) is 5.69 Å². The summed E-state index contributed by atoms with van der Waals surface area (Å²) in [6.45, 7) is 7.87. The van der Waals surface area contributed by atoms with E-state index in [1.54, 1.807) is 10.9 Å². The van der Waals surface area contributed by atoms with Gasteiger partial charge in [-0.1, -0.05) is 0 Å². The fraction of sp³-hybridized carbons (Fsp3) is 0.600. The van der Waals surface area contributed by atoms with E-state index in [2.05, 4.69) is 10.4 Å². The standard InChI is InChI=1S/C10H18N4O/c1-7-8(11)5-12-14(7)6-9(15)13-10(2,3)4/h5H,6,11H2,1-4H3,(H,13,15). The fourth-order valence-corrected chi connectivity index (χ4v) is 1.21. The summed E-state index contributed by atoms with van der Waals surface area (Å²) < 4.78 is 1.59. The van der Waals surface area contributed by atoms with Gasteiger partial charge in [0, 0.05) is 5.54 Å². The number of nitrogens with zero attached hydrogens (tertiary/aromatic N) is 2. The molecule has 3 N–H and O–H groups in total. The highest BCUT2D eigenvalue weighted by Crippen LogP contribution is 2.08. The van der Waals surface area contributed by atoms with Crippen molar-refractivity contribution in [3.63, 3.8) is 0 Å². The van der Waals surface area contributed by atoms with Gasteiger partial charge in [-0.15, -0.1) is 0 Å². The van der Waals surface area contributed by atoms with Crippen LogP contribution in [-0.2, 0) is 11.3 Å². The van der Waals surface area contributed by atoms with Crippen LogP contribution in [0.25, 0.3) is 0 Å². The molecule has 5 heteroatoms. The van der Waals surface area contributed by atoms with E-state index in [9.17, 15) is 4.79 Å². The minimum atomic E-state index is -0.219. The summed E-state index contributed by atoms with van der Waals surface area (Å²) in [5.74, 6) is -0.0614. The summed E-state index contributed by atoms with van der Waals surface area (Å²) in [7, 11) is 0. The average Bonchev–Trinajstić information content (AvgIpc) is 2.32. The Hall–Kier alpha value is -1.52. The maximum absolute atomic E-state index is 11.6. The molecular weight excluding hydrogens is 192 g/mol. The molecule has 0 bridgehead atoms. The van der Waals surface area contributed by atoms with Crippen molar-refractivity contribution >= 4 is 11.6 Å². The van der Waals surface area contributed by atoms with Gasteiger partial charge in [-0.25, -0.2) is 0 Å². The van der Waals surface area contributed by atoms with E-state index in [0.717, 1.165) is 5.69 Å². The number of hydrogen-bond donors (Lipinski definition) is 2. The summed E-state index contributed by atoms with van der Waals surface area (Å²) in [6, 6.07) is 0. The third-order valence-corrected chi connectivity index (χ3v) is 1.95. The minimum absolute atomic E-state index is 0.0614. The van der Waals surface area contributed by atoms with Gasteiger partial charge in [0.1, 0.15) is 6.54 Å². The monoisotopic (exact) mass is 210 g/mol. The molecule has 1 heterocycles. The van der Waals surface area contributed by atoms with Gasteiger partial charge in [0.25, 0.3) is 0 Å². The Morgan fingerprint density at radius 3 is 2.60 bits per heavy atom. The largest absolute Gasteiger partial charge is 0.396 e. The molecule has 1 aromatic rings. The van der Waals surface area contributed by atoms with E-state index in [-0.39, 0.29) is 18.0 Å². The molecule has 84 valence electrons. The van der Waals surface area contributed by atoms with Gasteiger partial charge in [0.15, 0.2) is 0 Å². The van der Waals surface area contributed by atoms with Crippen molar-refractivity contribution in [3.05, 3.63) is 11.9 Å². The highest BCUT2D eigenvalue weighted by molar-refractivity contribution is 5.76. The molecule has 0 atom stereocenters. The van der Waals surface area contributed by atoms with Crippen LogP contribution in [-0.4, -0.2) is 21.2 Å². The first-order chi connectivity index (χ1) is 6.79. The number of aromatic nitrogens is 2. The summed E-state index contributed by atoms with van der Waals surface area (Å²) in [6.07, 6.45) is 1.56. The van der Waals surface area contributed by atoms with Crippen molar-refractivity contribution in [2.24, 2.45) is 0 Å². The van der Waals surface area contributed by atoms with Crippen molar-refractivity contribution in [1.29, 1.82) is 0 Å². The number of nitrogen functional groups attached to an aromatic ring is 1. The smallest absolute Gasteiger partial charge is 0.242 e. The maximum Gasteiger partial charge on any atom is 0.242 e. The number of anilines is 1. The first-order valence-corrected chi connectivity index (χ1v) is 4.88. The molecule has 0 saturated carbocycles. The quantitative estimate of drug-likeness (QED) is 0.754. The minimum Gasteiger partial charge on any atom is -0.396 e. The Bertz CT molecular complexity index is 362. The number of rotatable bonds is 2. The number of carbonyl (C=O) groups excluding carboxylic acids is 1. The zero-order valence-corrected chi connectivity index (χ0v) is 9.66. The molecule has 0 aliphatic carbocycles. The molecule has 1 amide bonds. The van der Waals surface area contributed by atoms with Crippen LogP contribution in [0.2, 0.25) is 0 Å². The second-order valence-electron chi connectivity index (χ2n) is 4.64. The third-order valence-electron chi connectivity index (χ3n) is 1.95. The second kappa shape index (κ2) is 3.92. The van der Waals surface area contributed by atoms with Crippen LogP contribution >= 0.6 is 0 Å². The van der Waals surface area contributed by atoms with Gasteiger partial charge in [-0.3, -0.25) is 9.48 Å². The summed E-state index contributed by atoms with van der Waals surface area (Å²) in [4.78, 5) is 11.6. The normalized spacial score (nSPS) is 11.5. The lowest BCUT2D eigenvalue weighted by molar-refractivity contribution is -0.123. The topological polar surface area (TPSA) is 72.9 Å². The highest BCUT2D eigenvalue weighted by Gasteiger charge is 2.15. The Balaban J connectivity index is 2.63. The average molecular weight is 210 g/mol. The number of amides is 1. The van der Waals surface area contributed by atoms with Crippen LogP contribution in [0.3, 0.4) is 0 Å². The number of nitrogens with two attached hydrogens (primary N) is 1. The fourth-order valence-electron chi connectivity index (χ4n) is 1.21. The van der Waals surface area contributed by atoms with Crippen molar-refractivity contribution in [3.8, 4) is 0 Å². The molecule has 0 aliphatic rings. The zero-order chi connectivity index (χ0) is 11.6. The molecule has 5 nitrogen and oxygen atoms in total. The maximum atomic E-state index is 11.6. The van der Waals surface area contributed by atoms with E-state index in [0.29, 0.717) is 5.69 Å². The molecule has 0 saturated heterocycles. The molecule has 0 radical (unpaired) electrons. The van der Waals surface area contributed by atoms with Gasteiger partial charge in [0.2, 0.25) is 5.91 Å². The molecule has 1 rings (SSSR count). The van der Waals surface area contributed by atoms with E-state index in [1.165, 1.54) is 0 Å². The van der Waals surface area contributed by atoms with Crippen LogP contribution in [0.15, 0.2) is 6.20 Å². The molecule has 0 aliphatic heterocycles. The van der Waals surface area contributed by atoms with Crippen LogP contribution in [0.5, 0.6) is 0 Å². The van der Waals surface area contributed by atoms with Crippen LogP contribution in [0, 0.1) is 6.92 Å². The van der Waals surface area contributed by atoms with E-state index < -0.39 is 0 Å². The van der Waals surface area contributed by atoms with Crippen LogP contribution < -0.4 is 11.1 Å². The van der Waals surface area contributed by atoms with Gasteiger partial charge in [0.05, 0.1) is 17.6 Å². The van der Waals surface area contributed by atoms with Gasteiger partial charge >= 0.3 is 0 Å². The van der Waals surface area contributed by atoms with E-state index in [4.69, 9.17) is 5.73 Å². The van der Waals surface area contributed by atoms with Gasteiger partial charge in [-0.2, -0.15) is 5.10 Å². The zero-order valence-electron chi connectivity index (χ0n) is 9.66. The van der Waals surface area contributed by atoms with Crippen molar-refractivity contribution in [1.82, 2.24) is 15.1 Å². The highest BCUT2D eigenvalue weighted by atomic mass is 16.2. The van der Waals surface area contributed by atoms with Crippen LogP contribution in [0.1, 0.15) is 26.5 Å². The number of carbonyl (C=O) groups is 1. The predicted octanol–water partition coefficient (Wildman–Crippen LogP) is 0.688. The predicted molar refractivity (Wildman–Crippen MR) is 59.3 cm³/mol. The molecular formula is C10H18N4O. The SMILES string of the molecule is Cc1c(N)cnn1CC(=O)NC(C)(C)C. The lowest BCUT2D eigenvalue weighted by atomic mass is 10.1. The Kier molecular flexibility index (Phi) is 3.02. The second-order valence-corrected chi connectivity index (χ2v) is 4.64. The summed E-state index contributed by atoms with van der Waals surface area (Å²) in [5, 5.41) is 6.88. The Labute approximate surface area is 89.6 Å². The molecule has 0 fully saturated rings. The molecule has 0 aromatic carbocycles. The number of hydrogen-bond acceptors (Lipinski definition) is 3. The lowest BCUT2D eigenvalue weighted by Crippen LogP contribution is -2.42. The summed E-state index contributed by atoms with van der Waals surface area (Å²) >= 11 is 0. The molecule has 0 unspecified atom stereocenters. The summed E-state index contributed by atoms with van der Waals surface area (Å²) in [5.41, 5.74) is 6.84.